The van der Waals surface area contributed by atoms with Crippen LogP contribution >= 0.6 is 11.8 Å². The minimum Gasteiger partial charge on any atom is -0.384 e. The number of thioether (sulfide) groups is 1. The molecule has 0 saturated heterocycles. The Bertz CT molecular complexity index is 559. The average molecular weight is 216 g/mol. The van der Waals surface area contributed by atoms with Crippen LogP contribution in [0.5, 0.6) is 0 Å². The highest BCUT2D eigenvalue weighted by atomic mass is 32.2. The Labute approximate surface area is 91.1 Å². The van der Waals surface area contributed by atoms with Gasteiger partial charge >= 0.3 is 0 Å². The summed E-state index contributed by atoms with van der Waals surface area (Å²) in [6.45, 7) is 0. The molecule has 0 radical (unpaired) electrons. The Balaban J connectivity index is 2.82. The minimum absolute atomic E-state index is 0.401. The fourth-order valence-corrected chi connectivity index (χ4v) is 1.93. The zero-order chi connectivity index (χ0) is 10.8. The normalized spacial score (nSPS) is 10.1. The molecule has 15 heavy (non-hydrogen) atoms. The number of pyridine rings is 2. The van der Waals surface area contributed by atoms with Crippen molar-refractivity contribution in [1.29, 1.82) is 5.26 Å². The molecule has 4 nitrogen and oxygen atoms in total. The lowest BCUT2D eigenvalue weighted by atomic mass is 10.2. The van der Waals surface area contributed by atoms with Gasteiger partial charge in [-0.25, -0.2) is 9.97 Å². The van der Waals surface area contributed by atoms with Gasteiger partial charge in [-0.2, -0.15) is 5.26 Å². The number of nitrogen functional groups attached to an aromatic ring is 1. The van der Waals surface area contributed by atoms with Crippen molar-refractivity contribution >= 4 is 28.4 Å². The summed E-state index contributed by atoms with van der Waals surface area (Å²) in [6.07, 6.45) is 3.58. The van der Waals surface area contributed by atoms with Gasteiger partial charge in [-0.1, -0.05) is 0 Å². The van der Waals surface area contributed by atoms with Crippen molar-refractivity contribution in [2.45, 2.75) is 5.03 Å². The lowest BCUT2D eigenvalue weighted by Crippen LogP contribution is -1.93. The maximum absolute atomic E-state index is 8.80. The Hall–Kier alpha value is -1.80. The molecule has 0 unspecified atom stereocenters. The summed E-state index contributed by atoms with van der Waals surface area (Å²) >= 11 is 1.49. The van der Waals surface area contributed by atoms with Gasteiger partial charge in [-0.05, 0) is 18.4 Å². The average Bonchev–Trinajstić information content (AvgIpc) is 2.27. The summed E-state index contributed by atoms with van der Waals surface area (Å²) < 4.78 is 0. The third-order valence-electron chi connectivity index (χ3n) is 2.01. The van der Waals surface area contributed by atoms with Crippen LogP contribution in [0.3, 0.4) is 0 Å². The molecule has 0 aliphatic rings. The monoisotopic (exact) mass is 216 g/mol. The van der Waals surface area contributed by atoms with Gasteiger partial charge in [0.2, 0.25) is 0 Å². The van der Waals surface area contributed by atoms with E-state index in [0.717, 1.165) is 15.8 Å². The van der Waals surface area contributed by atoms with Crippen molar-refractivity contribution in [3.05, 3.63) is 24.0 Å². The lowest BCUT2D eigenvalue weighted by Gasteiger charge is -2.03. The second-order valence-electron chi connectivity index (χ2n) is 2.96. The van der Waals surface area contributed by atoms with Crippen LogP contribution in [0.25, 0.3) is 10.8 Å². The van der Waals surface area contributed by atoms with E-state index in [2.05, 4.69) is 9.97 Å². The second kappa shape index (κ2) is 3.75. The van der Waals surface area contributed by atoms with Crippen LogP contribution < -0.4 is 5.73 Å². The topological polar surface area (TPSA) is 75.6 Å². The molecule has 0 saturated carbocycles. The van der Waals surface area contributed by atoms with Gasteiger partial charge in [0.1, 0.15) is 22.6 Å². The number of anilines is 1. The first-order chi connectivity index (χ1) is 7.24. The first-order valence-corrected chi connectivity index (χ1v) is 5.47. The molecule has 2 aromatic rings. The van der Waals surface area contributed by atoms with E-state index in [1.807, 2.05) is 12.3 Å². The maximum Gasteiger partial charge on any atom is 0.142 e. The van der Waals surface area contributed by atoms with Gasteiger partial charge in [0, 0.05) is 17.0 Å². The molecular weight excluding hydrogens is 208 g/mol. The molecule has 74 valence electrons. The molecular formula is C10H8N4S. The molecule has 2 N–H and O–H groups in total. The van der Waals surface area contributed by atoms with E-state index in [0.29, 0.717) is 11.5 Å². The third kappa shape index (κ3) is 1.72. The van der Waals surface area contributed by atoms with E-state index < -0.39 is 0 Å². The Kier molecular flexibility index (Phi) is 2.44. The SMILES string of the molecule is CSc1nc(C#N)cc2cnc(N)cc12. The highest BCUT2D eigenvalue weighted by Crippen LogP contribution is 2.25. The zero-order valence-electron chi connectivity index (χ0n) is 8.06. The number of fused-ring (bicyclic) bond motifs is 1. The molecule has 2 aromatic heterocycles. The predicted octanol–water partition coefficient (Wildman–Crippen LogP) is 1.81. The molecule has 5 heteroatoms. The van der Waals surface area contributed by atoms with Crippen LogP contribution in [0.4, 0.5) is 5.82 Å². The van der Waals surface area contributed by atoms with E-state index >= 15 is 0 Å². The lowest BCUT2D eigenvalue weighted by molar-refractivity contribution is 1.14. The molecule has 0 atom stereocenters. The van der Waals surface area contributed by atoms with E-state index in [4.69, 9.17) is 11.0 Å². The number of hydrogen-bond acceptors (Lipinski definition) is 5. The van der Waals surface area contributed by atoms with Crippen LogP contribution in [0, 0.1) is 11.3 Å². The number of rotatable bonds is 1. The summed E-state index contributed by atoms with van der Waals surface area (Å²) in [5.74, 6) is 0.462. The van der Waals surface area contributed by atoms with Crippen molar-refractivity contribution in [1.82, 2.24) is 9.97 Å². The van der Waals surface area contributed by atoms with Crippen LogP contribution in [0.2, 0.25) is 0 Å². The van der Waals surface area contributed by atoms with Crippen molar-refractivity contribution in [3.8, 4) is 6.07 Å². The van der Waals surface area contributed by atoms with Crippen molar-refractivity contribution in [3.63, 3.8) is 0 Å². The summed E-state index contributed by atoms with van der Waals surface area (Å²) in [5.41, 5.74) is 6.01. The fraction of sp³-hybridized carbons (Fsp3) is 0.100. The fourth-order valence-electron chi connectivity index (χ4n) is 1.34. The predicted molar refractivity (Wildman–Crippen MR) is 60.4 cm³/mol. The van der Waals surface area contributed by atoms with Gasteiger partial charge in [0.15, 0.2) is 0 Å². The number of nitriles is 1. The summed E-state index contributed by atoms with van der Waals surface area (Å²) in [6, 6.07) is 5.51. The summed E-state index contributed by atoms with van der Waals surface area (Å²) in [5, 5.41) is 11.4. The van der Waals surface area contributed by atoms with Crippen LogP contribution in [0.1, 0.15) is 5.69 Å². The summed E-state index contributed by atoms with van der Waals surface area (Å²) in [7, 11) is 0. The van der Waals surface area contributed by atoms with Gasteiger partial charge in [0.25, 0.3) is 0 Å². The first-order valence-electron chi connectivity index (χ1n) is 4.25. The number of nitrogens with zero attached hydrogens (tertiary/aromatic N) is 3. The van der Waals surface area contributed by atoms with E-state index in [9.17, 15) is 0 Å². The highest BCUT2D eigenvalue weighted by molar-refractivity contribution is 7.98. The number of hydrogen-bond donors (Lipinski definition) is 1. The molecule has 0 amide bonds. The smallest absolute Gasteiger partial charge is 0.142 e. The Morgan fingerprint density at radius 1 is 1.47 bits per heavy atom. The van der Waals surface area contributed by atoms with Crippen molar-refractivity contribution in [2.24, 2.45) is 0 Å². The number of aromatic nitrogens is 2. The van der Waals surface area contributed by atoms with E-state index in [-0.39, 0.29) is 0 Å². The van der Waals surface area contributed by atoms with Crippen LogP contribution in [-0.4, -0.2) is 16.2 Å². The van der Waals surface area contributed by atoms with Gasteiger partial charge in [-0.3, -0.25) is 0 Å². The quantitative estimate of drug-likeness (QED) is 0.736. The van der Waals surface area contributed by atoms with Crippen LogP contribution in [0.15, 0.2) is 23.4 Å². The first kappa shape index (κ1) is 9.74. The molecule has 0 bridgehead atoms. The van der Waals surface area contributed by atoms with Gasteiger partial charge in [0.05, 0.1) is 0 Å². The molecule has 0 spiro atoms. The highest BCUT2D eigenvalue weighted by Gasteiger charge is 2.05. The molecule has 2 rings (SSSR count). The zero-order valence-corrected chi connectivity index (χ0v) is 8.88. The summed E-state index contributed by atoms with van der Waals surface area (Å²) in [4.78, 5) is 8.19. The Morgan fingerprint density at radius 3 is 2.93 bits per heavy atom. The standard InChI is InChI=1S/C10H8N4S/c1-15-10-8-3-9(12)13-5-6(8)2-7(4-11)14-10/h2-3,5H,1H3,(H2,12,13). The third-order valence-corrected chi connectivity index (χ3v) is 2.71. The minimum atomic E-state index is 0.401. The molecule has 0 aliphatic carbocycles. The molecule has 0 fully saturated rings. The van der Waals surface area contributed by atoms with Crippen molar-refractivity contribution < 1.29 is 0 Å². The Morgan fingerprint density at radius 2 is 2.27 bits per heavy atom. The van der Waals surface area contributed by atoms with Crippen molar-refractivity contribution in [2.75, 3.05) is 12.0 Å². The molecule has 0 aromatic carbocycles. The molecule has 0 aliphatic heterocycles. The van der Waals surface area contributed by atoms with E-state index in [1.165, 1.54) is 11.8 Å². The molecule has 2 heterocycles. The maximum atomic E-state index is 8.80. The number of nitrogens with two attached hydrogens (primary N) is 1. The van der Waals surface area contributed by atoms with Crippen LogP contribution in [-0.2, 0) is 0 Å². The van der Waals surface area contributed by atoms with Gasteiger partial charge < -0.3 is 5.73 Å². The second-order valence-corrected chi connectivity index (χ2v) is 3.75. The largest absolute Gasteiger partial charge is 0.384 e. The van der Waals surface area contributed by atoms with E-state index in [1.54, 1.807) is 18.3 Å². The van der Waals surface area contributed by atoms with Gasteiger partial charge in [-0.15, -0.1) is 11.8 Å².